The van der Waals surface area contributed by atoms with Crippen LogP contribution in [0.3, 0.4) is 0 Å². The number of carbonyl (C=O) groups excluding carboxylic acids is 1. The highest BCUT2D eigenvalue weighted by atomic mass is 16.6. The van der Waals surface area contributed by atoms with Crippen LogP contribution in [-0.4, -0.2) is 19.1 Å². The second-order valence-electron chi connectivity index (χ2n) is 2.28. The molecule has 0 aromatic heterocycles. The Morgan fingerprint density at radius 1 is 1.20 bits per heavy atom. The minimum absolute atomic E-state index is 0.0960. The Morgan fingerprint density at radius 3 is 2.13 bits per heavy atom. The topological polar surface area (TPSA) is 64.3 Å². The molecule has 0 aromatic rings. The van der Waals surface area contributed by atoms with Gasteiger partial charge in [-0.2, -0.15) is 0 Å². The van der Waals surface area contributed by atoms with Gasteiger partial charge in [0.15, 0.2) is 0 Å². The third-order valence-corrected chi connectivity index (χ3v) is 1.33. The van der Waals surface area contributed by atoms with Crippen LogP contribution in [0.25, 0.3) is 0 Å². The van der Waals surface area contributed by atoms with Crippen molar-refractivity contribution in [1.29, 1.82) is 0 Å². The summed E-state index contributed by atoms with van der Waals surface area (Å²) in [4.78, 5) is 15.0. The molecule has 1 amide bonds. The molecule has 0 aromatic carbocycles. The summed E-state index contributed by atoms with van der Waals surface area (Å²) in [6.07, 6.45) is 2.36. The van der Waals surface area contributed by atoms with Crippen molar-refractivity contribution in [3.05, 3.63) is 0 Å². The Kier molecular flexibility index (Phi) is 30.9. The van der Waals surface area contributed by atoms with E-state index in [2.05, 4.69) is 10.2 Å². The number of hydrogen-bond acceptors (Lipinski definition) is 3. The maximum Gasteiger partial charge on any atom is 0.219 e. The van der Waals surface area contributed by atoms with Crippen LogP contribution in [0.1, 0.15) is 53.9 Å². The van der Waals surface area contributed by atoms with Crippen LogP contribution in [0.5, 0.6) is 0 Å². The summed E-state index contributed by atoms with van der Waals surface area (Å²) in [6, 6.07) is 0. The quantitative estimate of drug-likeness (QED) is 0.533. The van der Waals surface area contributed by atoms with Gasteiger partial charge in [-0.1, -0.05) is 34.6 Å². The first-order valence-corrected chi connectivity index (χ1v) is 5.89. The van der Waals surface area contributed by atoms with Crippen molar-refractivity contribution in [2.75, 3.05) is 13.2 Å². The molecule has 0 aliphatic heterocycles. The number of carbonyl (C=O) groups is 1. The van der Waals surface area contributed by atoms with Gasteiger partial charge in [-0.15, -0.1) is 0 Å². The minimum Gasteiger partial charge on any atom is -0.356 e. The van der Waals surface area contributed by atoms with Crippen LogP contribution in [0.15, 0.2) is 0 Å². The first kappa shape index (κ1) is 19.9. The summed E-state index contributed by atoms with van der Waals surface area (Å²) in [6.45, 7) is 11.1. The first-order chi connectivity index (χ1) is 7.31. The summed E-state index contributed by atoms with van der Waals surface area (Å²) in [5, 5.41) is 2.76. The second-order valence-corrected chi connectivity index (χ2v) is 2.28. The van der Waals surface area contributed by atoms with E-state index in [1.807, 2.05) is 34.6 Å². The van der Waals surface area contributed by atoms with Crippen LogP contribution in [0.4, 0.5) is 0 Å². The predicted octanol–water partition coefficient (Wildman–Crippen LogP) is 2.24. The molecule has 15 heavy (non-hydrogen) atoms. The average Bonchev–Trinajstić information content (AvgIpc) is 2.33. The van der Waals surface area contributed by atoms with Crippen molar-refractivity contribution < 1.29 is 9.63 Å². The van der Waals surface area contributed by atoms with Crippen LogP contribution >= 0.6 is 0 Å². The van der Waals surface area contributed by atoms with Crippen molar-refractivity contribution in [3.8, 4) is 0 Å². The minimum atomic E-state index is 0.0960. The van der Waals surface area contributed by atoms with Crippen molar-refractivity contribution in [1.82, 2.24) is 5.32 Å². The lowest BCUT2D eigenvalue weighted by atomic mass is 10.3. The van der Waals surface area contributed by atoms with Crippen LogP contribution < -0.4 is 11.2 Å². The van der Waals surface area contributed by atoms with E-state index in [-0.39, 0.29) is 5.91 Å². The van der Waals surface area contributed by atoms with Gasteiger partial charge in [-0.3, -0.25) is 4.79 Å². The van der Waals surface area contributed by atoms with Gasteiger partial charge >= 0.3 is 0 Å². The average molecular weight is 220 g/mol. The van der Waals surface area contributed by atoms with Gasteiger partial charge in [0, 0.05) is 13.0 Å². The molecular weight excluding hydrogens is 192 g/mol. The zero-order valence-corrected chi connectivity index (χ0v) is 10.9. The number of unbranched alkanes of at least 4 members (excludes halogenated alkanes) is 1. The molecule has 0 aliphatic rings. The van der Waals surface area contributed by atoms with E-state index in [9.17, 15) is 4.79 Å². The van der Waals surface area contributed by atoms with E-state index in [0.717, 1.165) is 19.4 Å². The first-order valence-electron chi connectivity index (χ1n) is 5.89. The van der Waals surface area contributed by atoms with E-state index in [4.69, 9.17) is 5.90 Å². The highest BCUT2D eigenvalue weighted by Gasteiger charge is 1.93. The maximum atomic E-state index is 10.7. The van der Waals surface area contributed by atoms with Gasteiger partial charge in [-0.25, -0.2) is 5.90 Å². The van der Waals surface area contributed by atoms with E-state index < -0.39 is 0 Å². The molecule has 94 valence electrons. The van der Waals surface area contributed by atoms with Gasteiger partial charge in [-0.05, 0) is 12.8 Å². The van der Waals surface area contributed by atoms with E-state index in [1.165, 1.54) is 0 Å². The maximum absolute atomic E-state index is 10.7. The van der Waals surface area contributed by atoms with Gasteiger partial charge in [0.25, 0.3) is 0 Å². The standard InChI is InChI=1S/C7H16N2O2.2C2H6/c1-2-7(10)9-5-3-4-6-11-8;2*1-2/h2-6,8H2,1H3,(H,9,10);2*1-2H3. The number of hydrogen-bond donors (Lipinski definition) is 2. The zero-order valence-electron chi connectivity index (χ0n) is 10.9. The highest BCUT2D eigenvalue weighted by Crippen LogP contribution is 1.86. The summed E-state index contributed by atoms with van der Waals surface area (Å²) in [5.41, 5.74) is 0. The zero-order chi connectivity index (χ0) is 12.5. The number of rotatable bonds is 6. The molecule has 0 atom stereocenters. The lowest BCUT2D eigenvalue weighted by Gasteiger charge is -2.01. The van der Waals surface area contributed by atoms with E-state index in [0.29, 0.717) is 13.0 Å². The molecule has 0 spiro atoms. The van der Waals surface area contributed by atoms with Gasteiger partial charge in [0.2, 0.25) is 5.91 Å². The van der Waals surface area contributed by atoms with Gasteiger partial charge < -0.3 is 10.2 Å². The lowest BCUT2D eigenvalue weighted by molar-refractivity contribution is -0.120. The van der Waals surface area contributed by atoms with Crippen molar-refractivity contribution in [2.45, 2.75) is 53.9 Å². The molecule has 3 N–H and O–H groups in total. The van der Waals surface area contributed by atoms with Crippen molar-refractivity contribution in [3.63, 3.8) is 0 Å². The second kappa shape index (κ2) is 23.3. The number of nitrogens with two attached hydrogens (primary N) is 1. The fraction of sp³-hybridized carbons (Fsp3) is 0.909. The van der Waals surface area contributed by atoms with E-state index >= 15 is 0 Å². The van der Waals surface area contributed by atoms with Gasteiger partial charge in [0.1, 0.15) is 0 Å². The Hall–Kier alpha value is -0.610. The molecule has 0 saturated carbocycles. The molecule has 0 heterocycles. The molecule has 0 saturated heterocycles. The molecule has 0 rings (SSSR count). The molecule has 0 fully saturated rings. The monoisotopic (exact) mass is 220 g/mol. The fourth-order valence-electron chi connectivity index (χ4n) is 0.663. The summed E-state index contributed by atoms with van der Waals surface area (Å²) < 4.78 is 0. The molecule has 0 unspecified atom stereocenters. The summed E-state index contributed by atoms with van der Waals surface area (Å²) >= 11 is 0. The largest absolute Gasteiger partial charge is 0.356 e. The summed E-state index contributed by atoms with van der Waals surface area (Å²) in [5.74, 6) is 4.91. The Labute approximate surface area is 94.5 Å². The highest BCUT2D eigenvalue weighted by molar-refractivity contribution is 5.75. The SMILES string of the molecule is CC.CC.CCC(=O)NCCCCON. The molecule has 0 bridgehead atoms. The molecule has 4 heteroatoms. The fourth-order valence-corrected chi connectivity index (χ4v) is 0.663. The van der Waals surface area contributed by atoms with Crippen LogP contribution in [-0.2, 0) is 9.63 Å². The smallest absolute Gasteiger partial charge is 0.219 e. The Balaban J connectivity index is -0.000000318. The third-order valence-electron chi connectivity index (χ3n) is 1.33. The normalized spacial score (nSPS) is 7.87. The van der Waals surface area contributed by atoms with E-state index in [1.54, 1.807) is 0 Å². The van der Waals surface area contributed by atoms with Crippen molar-refractivity contribution in [2.24, 2.45) is 5.90 Å². The van der Waals surface area contributed by atoms with Crippen LogP contribution in [0.2, 0.25) is 0 Å². The Bertz CT molecular complexity index is 109. The molecule has 0 radical (unpaired) electrons. The predicted molar refractivity (Wildman–Crippen MR) is 65.4 cm³/mol. The molecular formula is C11H28N2O2. The van der Waals surface area contributed by atoms with Crippen LogP contribution in [0, 0.1) is 0 Å². The Morgan fingerprint density at radius 2 is 1.73 bits per heavy atom. The molecule has 4 nitrogen and oxygen atoms in total. The molecule has 0 aliphatic carbocycles. The number of nitrogens with one attached hydrogen (secondary N) is 1. The van der Waals surface area contributed by atoms with Gasteiger partial charge in [0.05, 0.1) is 6.61 Å². The lowest BCUT2D eigenvalue weighted by Crippen LogP contribution is -2.23. The summed E-state index contributed by atoms with van der Waals surface area (Å²) in [7, 11) is 0. The van der Waals surface area contributed by atoms with Crippen molar-refractivity contribution >= 4 is 5.91 Å². The number of amides is 1. The third kappa shape index (κ3) is 24.7.